The number of halogens is 1. The topological polar surface area (TPSA) is 147 Å². The number of fused-ring (bicyclic) bond motifs is 1. The van der Waals surface area contributed by atoms with Crippen LogP contribution in [0.1, 0.15) is 35.6 Å². The number of hydrogen-bond acceptors (Lipinski definition) is 6. The molecule has 0 radical (unpaired) electrons. The number of rotatable bonds is 8. The van der Waals surface area contributed by atoms with Crippen LogP contribution >= 0.6 is 0 Å². The zero-order chi connectivity index (χ0) is 26.8. The van der Waals surface area contributed by atoms with Crippen molar-refractivity contribution in [2.24, 2.45) is 0 Å². The van der Waals surface area contributed by atoms with Gasteiger partial charge in [0.15, 0.2) is 6.10 Å². The molecule has 10 nitrogen and oxygen atoms in total. The maximum absolute atomic E-state index is 13.6. The molecule has 0 aliphatic carbocycles. The van der Waals surface area contributed by atoms with Crippen molar-refractivity contribution in [2.45, 2.75) is 43.8 Å². The second-order valence-electron chi connectivity index (χ2n) is 9.64. The van der Waals surface area contributed by atoms with E-state index in [2.05, 4.69) is 15.1 Å². The van der Waals surface area contributed by atoms with Crippen molar-refractivity contribution in [3.8, 4) is 5.95 Å². The molecule has 0 unspecified atom stereocenters. The lowest BCUT2D eigenvalue weighted by molar-refractivity contribution is -0.148. The van der Waals surface area contributed by atoms with E-state index < -0.39 is 24.7 Å². The fourth-order valence-electron chi connectivity index (χ4n) is 5.02. The molecule has 38 heavy (non-hydrogen) atoms. The molecule has 3 heterocycles. The van der Waals surface area contributed by atoms with Gasteiger partial charge in [-0.05, 0) is 55.5 Å². The summed E-state index contributed by atoms with van der Waals surface area (Å²) in [4.78, 5) is 35.3. The van der Waals surface area contributed by atoms with Crippen LogP contribution in [0.2, 0.25) is 0 Å². The fraction of sp³-hybridized carbons (Fsp3) is 0.370. The van der Waals surface area contributed by atoms with Gasteiger partial charge in [0.1, 0.15) is 11.9 Å². The lowest BCUT2D eigenvalue weighted by Gasteiger charge is -2.33. The van der Waals surface area contributed by atoms with E-state index in [4.69, 9.17) is 5.11 Å². The Balaban J connectivity index is 1.42. The first-order chi connectivity index (χ1) is 18.4. The van der Waals surface area contributed by atoms with Crippen molar-refractivity contribution >= 4 is 16.9 Å². The number of likely N-dealkylation sites (tertiary alicyclic amines) is 1. The molecule has 0 saturated carbocycles. The Bertz CT molecular complexity index is 1440. The summed E-state index contributed by atoms with van der Waals surface area (Å²) in [5.41, 5.74) is 3.59. The van der Waals surface area contributed by atoms with Crippen LogP contribution in [0.5, 0.6) is 0 Å². The third kappa shape index (κ3) is 5.13. The summed E-state index contributed by atoms with van der Waals surface area (Å²) in [5, 5.41) is 31.9. The van der Waals surface area contributed by atoms with E-state index >= 15 is 0 Å². The predicted molar refractivity (Wildman–Crippen MR) is 138 cm³/mol. The number of nitrogens with one attached hydrogen (secondary N) is 2. The molecular weight excluding hydrogens is 493 g/mol. The zero-order valence-corrected chi connectivity index (χ0v) is 20.7. The first-order valence-electron chi connectivity index (χ1n) is 12.6. The molecule has 0 spiro atoms. The van der Waals surface area contributed by atoms with Crippen molar-refractivity contribution in [2.75, 3.05) is 19.7 Å². The number of aromatic nitrogens is 4. The number of para-hydroxylation sites is 2. The minimum Gasteiger partial charge on any atom is -0.394 e. The molecule has 4 aromatic rings. The van der Waals surface area contributed by atoms with Crippen molar-refractivity contribution in [3.63, 3.8) is 0 Å². The summed E-state index contributed by atoms with van der Waals surface area (Å²) in [6.07, 6.45) is -1.16. The Morgan fingerprint density at radius 1 is 1.08 bits per heavy atom. The van der Waals surface area contributed by atoms with Crippen LogP contribution in [0.25, 0.3) is 17.0 Å². The van der Waals surface area contributed by atoms with Gasteiger partial charge < -0.3 is 25.2 Å². The largest absolute Gasteiger partial charge is 0.394 e. The lowest BCUT2D eigenvalue weighted by Crippen LogP contribution is -2.48. The number of nitrogens with zero attached hydrogens (tertiary/aromatic N) is 3. The molecule has 200 valence electrons. The quantitative estimate of drug-likeness (QED) is 0.236. The summed E-state index contributed by atoms with van der Waals surface area (Å²) in [5.74, 6) is -0.629. The molecule has 1 amide bonds. The van der Waals surface area contributed by atoms with Gasteiger partial charge in [0, 0.05) is 30.3 Å². The maximum Gasteiger partial charge on any atom is 0.277 e. The highest BCUT2D eigenvalue weighted by atomic mass is 19.1. The van der Waals surface area contributed by atoms with E-state index in [0.717, 1.165) is 22.3 Å². The zero-order valence-electron chi connectivity index (χ0n) is 20.7. The first-order valence-corrected chi connectivity index (χ1v) is 12.6. The number of carbonyl (C=O) groups is 1. The van der Waals surface area contributed by atoms with Gasteiger partial charge in [-0.2, -0.15) is 4.68 Å². The van der Waals surface area contributed by atoms with Gasteiger partial charge in [0.25, 0.3) is 11.5 Å². The van der Waals surface area contributed by atoms with Gasteiger partial charge in [0.05, 0.1) is 17.6 Å². The summed E-state index contributed by atoms with van der Waals surface area (Å²) < 4.78 is 14.8. The molecule has 5 rings (SSSR count). The van der Waals surface area contributed by atoms with Gasteiger partial charge in [-0.3, -0.25) is 14.7 Å². The lowest BCUT2D eigenvalue weighted by atomic mass is 9.89. The highest BCUT2D eigenvalue weighted by Crippen LogP contribution is 2.30. The summed E-state index contributed by atoms with van der Waals surface area (Å²) in [6.45, 7) is -0.0563. The highest BCUT2D eigenvalue weighted by Gasteiger charge is 2.33. The Labute approximate surface area is 217 Å². The number of imidazole rings is 1. The summed E-state index contributed by atoms with van der Waals surface area (Å²) in [7, 11) is 0. The highest BCUT2D eigenvalue weighted by molar-refractivity contribution is 5.81. The van der Waals surface area contributed by atoms with E-state index in [-0.39, 0.29) is 17.3 Å². The van der Waals surface area contributed by atoms with Gasteiger partial charge in [-0.25, -0.2) is 9.37 Å². The molecule has 1 fully saturated rings. The number of hydrogen-bond donors (Lipinski definition) is 5. The van der Waals surface area contributed by atoms with Crippen LogP contribution in [0.3, 0.4) is 0 Å². The molecule has 1 saturated heterocycles. The summed E-state index contributed by atoms with van der Waals surface area (Å²) in [6, 6.07) is 13.7. The number of carbonyl (C=O) groups excluding carboxylic acids is 1. The Morgan fingerprint density at radius 3 is 2.47 bits per heavy atom. The van der Waals surface area contributed by atoms with E-state index in [9.17, 15) is 24.2 Å². The van der Waals surface area contributed by atoms with Crippen LogP contribution in [0, 0.1) is 5.82 Å². The van der Waals surface area contributed by atoms with E-state index in [1.807, 2.05) is 24.3 Å². The number of aromatic amines is 2. The molecule has 0 bridgehead atoms. The predicted octanol–water partition coefficient (Wildman–Crippen LogP) is 1.39. The van der Waals surface area contributed by atoms with E-state index in [0.29, 0.717) is 50.3 Å². The van der Waals surface area contributed by atoms with Crippen molar-refractivity contribution in [1.29, 1.82) is 0 Å². The fourth-order valence-corrected chi connectivity index (χ4v) is 5.02. The molecular formula is C27H30FN5O5. The molecule has 5 N–H and O–H groups in total. The maximum atomic E-state index is 13.6. The Kier molecular flexibility index (Phi) is 7.41. The van der Waals surface area contributed by atoms with Gasteiger partial charge in [0.2, 0.25) is 5.95 Å². The average Bonchev–Trinajstić information content (AvgIpc) is 3.52. The molecule has 1 aliphatic rings. The van der Waals surface area contributed by atoms with Gasteiger partial charge in [-0.1, -0.05) is 24.3 Å². The number of aryl methyl sites for hydroxylation is 1. The first kappa shape index (κ1) is 25.8. The third-order valence-electron chi connectivity index (χ3n) is 7.20. The molecule has 2 atom stereocenters. The normalized spacial score (nSPS) is 16.2. The van der Waals surface area contributed by atoms with Crippen LogP contribution in [0.15, 0.2) is 53.3 Å². The SMILES string of the molecule is O=C([C@@H](O)[C@@H](O)CO)N1CCC(c2[nH]n(-c3nc4ccccc4[nH]3)c(=O)c2CCc2ccc(F)cc2)CC1. The molecule has 1 aliphatic heterocycles. The van der Waals surface area contributed by atoms with Gasteiger partial charge in [-0.15, -0.1) is 0 Å². The third-order valence-corrected chi connectivity index (χ3v) is 7.20. The number of benzene rings is 2. The number of aliphatic hydroxyl groups excluding tert-OH is 3. The minimum absolute atomic E-state index is 0.0551. The number of aliphatic hydroxyl groups is 3. The van der Waals surface area contributed by atoms with Crippen molar-refractivity contribution < 1.29 is 24.5 Å². The Hall–Kier alpha value is -3.80. The molecule has 2 aromatic heterocycles. The van der Waals surface area contributed by atoms with Crippen LogP contribution in [0.4, 0.5) is 4.39 Å². The van der Waals surface area contributed by atoms with Crippen LogP contribution in [-0.2, 0) is 17.6 Å². The van der Waals surface area contributed by atoms with Gasteiger partial charge >= 0.3 is 0 Å². The second kappa shape index (κ2) is 10.9. The number of piperidine rings is 1. The van der Waals surface area contributed by atoms with E-state index in [1.54, 1.807) is 12.1 Å². The standard InChI is InChI=1S/C27H30FN5O5/c28-18-8-5-16(6-9-18)7-10-19-23(17-11-13-32(14-12-17)26(38)24(36)22(35)15-34)31-33(25(19)37)27-29-20-3-1-2-4-21(20)30-27/h1-6,8-9,17,22,24,31,34-36H,7,10-15H2,(H,29,30)/t22-,24-/m0/s1. The minimum atomic E-state index is -1.68. The molecule has 2 aromatic carbocycles. The van der Waals surface area contributed by atoms with Crippen LogP contribution < -0.4 is 5.56 Å². The average molecular weight is 524 g/mol. The number of amides is 1. The van der Waals surface area contributed by atoms with E-state index in [1.165, 1.54) is 21.7 Å². The smallest absolute Gasteiger partial charge is 0.277 e. The van der Waals surface area contributed by atoms with Crippen molar-refractivity contribution in [1.82, 2.24) is 24.6 Å². The monoisotopic (exact) mass is 523 g/mol. The Morgan fingerprint density at radius 2 is 1.79 bits per heavy atom. The number of H-pyrrole nitrogens is 2. The van der Waals surface area contributed by atoms with Crippen LogP contribution in [-0.4, -0.2) is 77.8 Å². The second-order valence-corrected chi connectivity index (χ2v) is 9.64. The van der Waals surface area contributed by atoms with Crippen molar-refractivity contribution in [3.05, 3.63) is 81.5 Å². The summed E-state index contributed by atoms with van der Waals surface area (Å²) >= 11 is 0. The molecule has 11 heteroatoms.